The third kappa shape index (κ3) is 3.39. The van der Waals surface area contributed by atoms with Gasteiger partial charge in [0.2, 0.25) is 0 Å². The first-order valence-electron chi connectivity index (χ1n) is 6.78. The van der Waals surface area contributed by atoms with Gasteiger partial charge in [-0.1, -0.05) is 6.92 Å². The van der Waals surface area contributed by atoms with Crippen LogP contribution < -0.4 is 5.73 Å². The molecule has 0 aliphatic carbocycles. The fraction of sp³-hybridized carbons (Fsp3) is 0.692. The Bertz CT molecular complexity index is 542. The summed E-state index contributed by atoms with van der Waals surface area (Å²) in [6, 6.07) is 3.68. The third-order valence-electron chi connectivity index (χ3n) is 3.60. The molecule has 1 aliphatic heterocycles. The van der Waals surface area contributed by atoms with E-state index in [9.17, 15) is 8.42 Å². The summed E-state index contributed by atoms with van der Waals surface area (Å²) in [4.78, 5) is 1.98. The minimum Gasteiger partial charge on any atom is -0.464 e. The fourth-order valence-electron chi connectivity index (χ4n) is 2.50. The van der Waals surface area contributed by atoms with Crippen molar-refractivity contribution in [1.82, 2.24) is 4.90 Å². The van der Waals surface area contributed by atoms with Crippen molar-refractivity contribution in [2.45, 2.75) is 24.8 Å². The lowest BCUT2D eigenvalue weighted by atomic mass is 10.2. The van der Waals surface area contributed by atoms with E-state index in [1.54, 1.807) is 11.8 Å². The molecule has 1 aromatic rings. The second-order valence-electron chi connectivity index (χ2n) is 5.01. The highest BCUT2D eigenvalue weighted by Crippen LogP contribution is 2.30. The van der Waals surface area contributed by atoms with Crippen LogP contribution in [-0.4, -0.2) is 49.5 Å². The van der Waals surface area contributed by atoms with Crippen LogP contribution in [0, 0.1) is 0 Å². The number of sulfone groups is 1. The lowest BCUT2D eigenvalue weighted by Gasteiger charge is -2.38. The van der Waals surface area contributed by atoms with Gasteiger partial charge in [0, 0.05) is 37.3 Å². The molecule has 0 saturated carbocycles. The van der Waals surface area contributed by atoms with Crippen LogP contribution in [0.15, 0.2) is 16.5 Å². The molecule has 0 aromatic carbocycles. The molecule has 1 aromatic heterocycles. The van der Waals surface area contributed by atoms with Crippen molar-refractivity contribution in [1.29, 1.82) is 0 Å². The Morgan fingerprint density at radius 3 is 2.85 bits per heavy atom. The van der Waals surface area contributed by atoms with Crippen molar-refractivity contribution in [3.05, 3.63) is 23.7 Å². The summed E-state index contributed by atoms with van der Waals surface area (Å²) in [6.07, 6.45) is 2.12. The van der Waals surface area contributed by atoms with Gasteiger partial charge in [0.1, 0.15) is 16.9 Å². The average Bonchev–Trinajstić information content (AvgIpc) is 2.88. The van der Waals surface area contributed by atoms with Gasteiger partial charge in [-0.05, 0) is 12.1 Å². The predicted molar refractivity (Wildman–Crippen MR) is 82.5 cm³/mol. The normalized spacial score (nSPS) is 22.9. The Hall–Kier alpha value is -0.500. The van der Waals surface area contributed by atoms with E-state index < -0.39 is 15.2 Å². The minimum atomic E-state index is -3.13. The number of hydrogen-bond acceptors (Lipinski definition) is 6. The largest absolute Gasteiger partial charge is 0.464 e. The average molecular weight is 318 g/mol. The summed E-state index contributed by atoms with van der Waals surface area (Å²) in [5.74, 6) is 3.19. The Kier molecular flexibility index (Phi) is 5.17. The van der Waals surface area contributed by atoms with Crippen LogP contribution in [0.25, 0.3) is 0 Å². The molecule has 114 valence electrons. The highest BCUT2D eigenvalue weighted by Gasteiger charge is 2.36. The second kappa shape index (κ2) is 6.51. The summed E-state index contributed by atoms with van der Waals surface area (Å²) < 4.78 is 29.7. The van der Waals surface area contributed by atoms with Crippen LogP contribution in [0.3, 0.4) is 0 Å². The quantitative estimate of drug-likeness (QED) is 0.881. The van der Waals surface area contributed by atoms with Gasteiger partial charge >= 0.3 is 0 Å². The maximum Gasteiger partial charge on any atom is 0.164 e. The lowest BCUT2D eigenvalue weighted by Crippen LogP contribution is -2.50. The molecule has 2 heterocycles. The zero-order chi connectivity index (χ0) is 14.8. The number of rotatable bonds is 5. The maximum absolute atomic E-state index is 12.0. The molecule has 2 N–H and O–H groups in total. The van der Waals surface area contributed by atoms with E-state index in [0.717, 1.165) is 23.7 Å². The molecule has 0 bridgehead atoms. The lowest BCUT2D eigenvalue weighted by molar-refractivity contribution is 0.174. The van der Waals surface area contributed by atoms with Crippen LogP contribution >= 0.6 is 11.8 Å². The van der Waals surface area contributed by atoms with Gasteiger partial charge in [0.05, 0.1) is 6.04 Å². The minimum absolute atomic E-state index is 0.170. The number of hydrogen-bond donors (Lipinski definition) is 1. The third-order valence-corrected chi connectivity index (χ3v) is 6.26. The standard InChI is InChI=1S/C13H22N2O3S2/c1-3-10-4-5-12(18-10)11(8-14)15-6-7-19-9-13(15)20(2,16)17/h4-5,11,13H,3,6-9,14H2,1-2H3. The molecule has 20 heavy (non-hydrogen) atoms. The van der Waals surface area contributed by atoms with Crippen molar-refractivity contribution in [2.24, 2.45) is 5.73 Å². The van der Waals surface area contributed by atoms with E-state index in [0.29, 0.717) is 18.8 Å². The second-order valence-corrected chi connectivity index (χ2v) is 8.36. The van der Waals surface area contributed by atoms with E-state index in [-0.39, 0.29) is 6.04 Å². The van der Waals surface area contributed by atoms with Gasteiger partial charge in [-0.15, -0.1) is 0 Å². The van der Waals surface area contributed by atoms with E-state index in [2.05, 4.69) is 0 Å². The summed E-state index contributed by atoms with van der Waals surface area (Å²) in [6.45, 7) is 3.09. The molecule has 7 heteroatoms. The number of aryl methyl sites for hydroxylation is 1. The smallest absolute Gasteiger partial charge is 0.164 e. The van der Waals surface area contributed by atoms with Gasteiger partial charge in [0.25, 0.3) is 0 Å². The van der Waals surface area contributed by atoms with Crippen LogP contribution in [0.2, 0.25) is 0 Å². The molecule has 0 amide bonds. The van der Waals surface area contributed by atoms with E-state index in [1.165, 1.54) is 6.26 Å². The fourth-order valence-corrected chi connectivity index (χ4v) is 5.42. The Morgan fingerprint density at radius 1 is 1.55 bits per heavy atom. The van der Waals surface area contributed by atoms with Crippen molar-refractivity contribution < 1.29 is 12.8 Å². The molecule has 2 rings (SSSR count). The SMILES string of the molecule is CCc1ccc(C(CN)N2CCSCC2S(C)(=O)=O)o1. The van der Waals surface area contributed by atoms with Crippen molar-refractivity contribution in [2.75, 3.05) is 30.9 Å². The topological polar surface area (TPSA) is 76.5 Å². The molecule has 1 fully saturated rings. The first-order valence-corrected chi connectivity index (χ1v) is 9.89. The molecule has 0 radical (unpaired) electrons. The highest BCUT2D eigenvalue weighted by molar-refractivity contribution is 8.00. The number of furan rings is 1. The van der Waals surface area contributed by atoms with Crippen LogP contribution in [0.5, 0.6) is 0 Å². The van der Waals surface area contributed by atoms with E-state index in [1.807, 2.05) is 24.0 Å². The Labute approximate surface area is 124 Å². The van der Waals surface area contributed by atoms with Crippen LogP contribution in [0.1, 0.15) is 24.5 Å². The number of thioether (sulfide) groups is 1. The maximum atomic E-state index is 12.0. The Balaban J connectivity index is 2.28. The predicted octanol–water partition coefficient (Wildman–Crippen LogP) is 1.26. The first kappa shape index (κ1) is 15.9. The molecule has 2 unspecified atom stereocenters. The van der Waals surface area contributed by atoms with E-state index in [4.69, 9.17) is 10.2 Å². The monoisotopic (exact) mass is 318 g/mol. The molecule has 2 atom stereocenters. The Morgan fingerprint density at radius 2 is 2.30 bits per heavy atom. The summed E-state index contributed by atoms with van der Waals surface area (Å²) >= 11 is 1.67. The zero-order valence-electron chi connectivity index (χ0n) is 11.9. The summed E-state index contributed by atoms with van der Waals surface area (Å²) in [5.41, 5.74) is 5.89. The van der Waals surface area contributed by atoms with Gasteiger partial charge in [-0.25, -0.2) is 8.42 Å². The van der Waals surface area contributed by atoms with Gasteiger partial charge < -0.3 is 10.2 Å². The number of nitrogens with two attached hydrogens (primary N) is 1. The van der Waals surface area contributed by atoms with Crippen molar-refractivity contribution in [3.63, 3.8) is 0 Å². The van der Waals surface area contributed by atoms with Gasteiger partial charge in [-0.2, -0.15) is 11.8 Å². The molecular formula is C13H22N2O3S2. The zero-order valence-corrected chi connectivity index (χ0v) is 13.5. The highest BCUT2D eigenvalue weighted by atomic mass is 32.2. The first-order chi connectivity index (χ1) is 9.47. The van der Waals surface area contributed by atoms with E-state index >= 15 is 0 Å². The van der Waals surface area contributed by atoms with Gasteiger partial charge in [0.15, 0.2) is 9.84 Å². The molecule has 1 saturated heterocycles. The molecular weight excluding hydrogens is 296 g/mol. The number of nitrogens with zero attached hydrogens (tertiary/aromatic N) is 1. The molecule has 1 aliphatic rings. The van der Waals surface area contributed by atoms with Crippen LogP contribution in [0.4, 0.5) is 0 Å². The van der Waals surface area contributed by atoms with Crippen molar-refractivity contribution >= 4 is 21.6 Å². The van der Waals surface area contributed by atoms with Crippen LogP contribution in [-0.2, 0) is 16.3 Å². The molecule has 5 nitrogen and oxygen atoms in total. The summed E-state index contributed by atoms with van der Waals surface area (Å²) in [5, 5.41) is -0.482. The van der Waals surface area contributed by atoms with Crippen molar-refractivity contribution in [3.8, 4) is 0 Å². The van der Waals surface area contributed by atoms with Gasteiger partial charge in [-0.3, -0.25) is 4.90 Å². The molecule has 0 spiro atoms. The summed E-state index contributed by atoms with van der Waals surface area (Å²) in [7, 11) is -3.13.